The molecule has 1 aliphatic heterocycles. The Morgan fingerprint density at radius 2 is 1.97 bits per heavy atom. The molecule has 1 aliphatic rings. The Bertz CT molecular complexity index is 858. The van der Waals surface area contributed by atoms with Crippen molar-refractivity contribution in [1.29, 1.82) is 0 Å². The molecule has 0 fully saturated rings. The Balaban J connectivity index is 1.49. The van der Waals surface area contributed by atoms with Gasteiger partial charge in [0.25, 0.3) is 0 Å². The summed E-state index contributed by atoms with van der Waals surface area (Å²) in [6, 6.07) is 13.7. The lowest BCUT2D eigenvalue weighted by molar-refractivity contribution is 0.145. The first kappa shape index (κ1) is 21.6. The minimum Gasteiger partial charge on any atom is -0.493 e. The third-order valence-electron chi connectivity index (χ3n) is 5.27. The number of carbonyl (C=O) groups is 1. The van der Waals surface area contributed by atoms with E-state index in [1.807, 2.05) is 36.4 Å². The van der Waals surface area contributed by atoms with Crippen LogP contribution in [-0.4, -0.2) is 64.5 Å². The highest BCUT2D eigenvalue weighted by Crippen LogP contribution is 2.33. The normalized spacial score (nSPS) is 15.1. The van der Waals surface area contributed by atoms with Gasteiger partial charge in [-0.05, 0) is 43.2 Å². The molecule has 30 heavy (non-hydrogen) atoms. The van der Waals surface area contributed by atoms with Crippen LogP contribution in [0.4, 0.5) is 10.5 Å². The van der Waals surface area contributed by atoms with Crippen molar-refractivity contribution in [3.05, 3.63) is 48.0 Å². The van der Waals surface area contributed by atoms with Crippen molar-refractivity contribution in [1.82, 2.24) is 10.2 Å². The summed E-state index contributed by atoms with van der Waals surface area (Å²) < 4.78 is 16.7. The number of rotatable bonds is 8. The van der Waals surface area contributed by atoms with E-state index in [4.69, 9.17) is 14.2 Å². The summed E-state index contributed by atoms with van der Waals surface area (Å²) in [5, 5.41) is 2.98. The van der Waals surface area contributed by atoms with Gasteiger partial charge in [-0.25, -0.2) is 4.79 Å². The SMILES string of the molecule is CCN1CC(CN(C)C(=O)NCCc2ccc(OC)c(OC)c2)Oc2ccccc21. The molecule has 2 aromatic carbocycles. The third kappa shape index (κ3) is 5.09. The smallest absolute Gasteiger partial charge is 0.317 e. The molecule has 2 amide bonds. The lowest BCUT2D eigenvalue weighted by atomic mass is 10.1. The van der Waals surface area contributed by atoms with Crippen molar-refractivity contribution in [2.24, 2.45) is 0 Å². The average molecular weight is 414 g/mol. The molecule has 3 rings (SSSR count). The van der Waals surface area contributed by atoms with Crippen LogP contribution in [0.2, 0.25) is 0 Å². The maximum absolute atomic E-state index is 12.5. The van der Waals surface area contributed by atoms with Crippen LogP contribution in [0.1, 0.15) is 12.5 Å². The van der Waals surface area contributed by atoms with E-state index in [1.165, 1.54) is 0 Å². The molecule has 0 aromatic heterocycles. The molecule has 0 saturated heterocycles. The van der Waals surface area contributed by atoms with E-state index >= 15 is 0 Å². The number of methoxy groups -OCH3 is 2. The molecule has 1 unspecified atom stereocenters. The fourth-order valence-corrected chi connectivity index (χ4v) is 3.65. The number of benzene rings is 2. The van der Waals surface area contributed by atoms with E-state index in [0.717, 1.165) is 30.1 Å². The van der Waals surface area contributed by atoms with Crippen LogP contribution < -0.4 is 24.4 Å². The summed E-state index contributed by atoms with van der Waals surface area (Å²) in [6.45, 7) is 4.85. The molecule has 0 spiro atoms. The molecule has 7 heteroatoms. The van der Waals surface area contributed by atoms with Gasteiger partial charge in [-0.2, -0.15) is 0 Å². The first-order chi connectivity index (χ1) is 14.5. The van der Waals surface area contributed by atoms with Gasteiger partial charge in [0.05, 0.1) is 33.0 Å². The van der Waals surface area contributed by atoms with Gasteiger partial charge in [-0.15, -0.1) is 0 Å². The molecule has 0 aliphatic carbocycles. The first-order valence-electron chi connectivity index (χ1n) is 10.3. The number of anilines is 1. The standard InChI is InChI=1S/C23H31N3O4/c1-5-26-16-18(30-20-9-7-6-8-19(20)26)15-25(2)23(27)24-13-12-17-10-11-21(28-3)22(14-17)29-4/h6-11,14,18H,5,12-13,15-16H2,1-4H3,(H,24,27). The highest BCUT2D eigenvalue weighted by molar-refractivity contribution is 5.74. The summed E-state index contributed by atoms with van der Waals surface area (Å²) in [6.07, 6.45) is 0.637. The number of nitrogens with one attached hydrogen (secondary N) is 1. The molecule has 2 aromatic rings. The van der Waals surface area contributed by atoms with Crippen molar-refractivity contribution in [3.63, 3.8) is 0 Å². The van der Waals surface area contributed by atoms with Gasteiger partial charge in [0.15, 0.2) is 11.5 Å². The summed E-state index contributed by atoms with van der Waals surface area (Å²) in [4.78, 5) is 16.5. The van der Waals surface area contributed by atoms with Crippen LogP contribution in [0.3, 0.4) is 0 Å². The van der Waals surface area contributed by atoms with E-state index in [9.17, 15) is 4.79 Å². The second-order valence-electron chi connectivity index (χ2n) is 7.30. The monoisotopic (exact) mass is 413 g/mol. The molecule has 0 radical (unpaired) electrons. The van der Waals surface area contributed by atoms with Gasteiger partial charge in [0.2, 0.25) is 0 Å². The molecule has 7 nitrogen and oxygen atoms in total. The first-order valence-corrected chi connectivity index (χ1v) is 10.3. The van der Waals surface area contributed by atoms with E-state index in [2.05, 4.69) is 23.2 Å². The molecule has 1 atom stereocenters. The zero-order chi connectivity index (χ0) is 21.5. The van der Waals surface area contributed by atoms with Crippen LogP contribution in [0, 0.1) is 0 Å². The minimum absolute atomic E-state index is 0.0681. The van der Waals surface area contributed by atoms with Gasteiger partial charge in [-0.3, -0.25) is 0 Å². The van der Waals surface area contributed by atoms with Crippen molar-refractivity contribution in [2.75, 3.05) is 52.3 Å². The third-order valence-corrected chi connectivity index (χ3v) is 5.27. The Morgan fingerprint density at radius 1 is 1.20 bits per heavy atom. The second-order valence-corrected chi connectivity index (χ2v) is 7.30. The Kier molecular flexibility index (Phi) is 7.27. The highest BCUT2D eigenvalue weighted by Gasteiger charge is 2.26. The fourth-order valence-electron chi connectivity index (χ4n) is 3.65. The van der Waals surface area contributed by atoms with Gasteiger partial charge in [0, 0.05) is 20.1 Å². The van der Waals surface area contributed by atoms with Crippen molar-refractivity contribution in [3.8, 4) is 17.2 Å². The fraction of sp³-hybridized carbons (Fsp3) is 0.435. The van der Waals surface area contributed by atoms with Crippen LogP contribution in [-0.2, 0) is 6.42 Å². The number of likely N-dealkylation sites (N-methyl/N-ethyl adjacent to an activating group) is 2. The molecule has 1 heterocycles. The minimum atomic E-state index is -0.110. The average Bonchev–Trinajstić information content (AvgIpc) is 2.78. The number of amides is 2. The number of hydrogen-bond acceptors (Lipinski definition) is 5. The van der Waals surface area contributed by atoms with E-state index < -0.39 is 0 Å². The number of carbonyl (C=O) groups excluding carboxylic acids is 1. The van der Waals surface area contributed by atoms with E-state index in [-0.39, 0.29) is 12.1 Å². The number of para-hydroxylation sites is 2. The molecular weight excluding hydrogens is 382 g/mol. The molecular formula is C23H31N3O4. The topological polar surface area (TPSA) is 63.3 Å². The lowest BCUT2D eigenvalue weighted by Gasteiger charge is -2.37. The predicted octanol–water partition coefficient (Wildman–Crippen LogP) is 3.18. The van der Waals surface area contributed by atoms with Gasteiger partial charge in [0.1, 0.15) is 11.9 Å². The zero-order valence-electron chi connectivity index (χ0n) is 18.2. The Labute approximate surface area is 178 Å². The Hall–Kier alpha value is -3.09. The number of fused-ring (bicyclic) bond motifs is 1. The summed E-state index contributed by atoms with van der Waals surface area (Å²) >= 11 is 0. The van der Waals surface area contributed by atoms with Crippen molar-refractivity contribution >= 4 is 11.7 Å². The lowest BCUT2D eigenvalue weighted by Crippen LogP contribution is -2.49. The molecule has 1 N–H and O–H groups in total. The molecule has 162 valence electrons. The molecule has 0 bridgehead atoms. The van der Waals surface area contributed by atoms with Crippen LogP contribution >= 0.6 is 0 Å². The highest BCUT2D eigenvalue weighted by atomic mass is 16.5. The number of hydrogen-bond donors (Lipinski definition) is 1. The molecule has 0 saturated carbocycles. The maximum atomic E-state index is 12.5. The van der Waals surface area contributed by atoms with Crippen molar-refractivity contribution in [2.45, 2.75) is 19.4 Å². The zero-order valence-corrected chi connectivity index (χ0v) is 18.2. The number of urea groups is 1. The number of ether oxygens (including phenoxy) is 3. The quantitative estimate of drug-likeness (QED) is 0.720. The largest absolute Gasteiger partial charge is 0.493 e. The maximum Gasteiger partial charge on any atom is 0.317 e. The van der Waals surface area contributed by atoms with Crippen LogP contribution in [0.15, 0.2) is 42.5 Å². The van der Waals surface area contributed by atoms with Crippen molar-refractivity contribution < 1.29 is 19.0 Å². The van der Waals surface area contributed by atoms with Gasteiger partial charge in [-0.1, -0.05) is 18.2 Å². The number of nitrogens with zero attached hydrogens (tertiary/aromatic N) is 2. The van der Waals surface area contributed by atoms with E-state index in [0.29, 0.717) is 31.0 Å². The summed E-state index contributed by atoms with van der Waals surface area (Å²) in [7, 11) is 5.03. The van der Waals surface area contributed by atoms with E-state index in [1.54, 1.807) is 26.2 Å². The van der Waals surface area contributed by atoms with Crippen LogP contribution in [0.5, 0.6) is 17.2 Å². The Morgan fingerprint density at radius 3 is 2.70 bits per heavy atom. The second kappa shape index (κ2) is 10.1. The van der Waals surface area contributed by atoms with Crippen LogP contribution in [0.25, 0.3) is 0 Å². The van der Waals surface area contributed by atoms with Gasteiger partial charge < -0.3 is 29.3 Å². The summed E-state index contributed by atoms with van der Waals surface area (Å²) in [5.41, 5.74) is 2.18. The predicted molar refractivity (Wildman–Crippen MR) is 118 cm³/mol. The van der Waals surface area contributed by atoms with Gasteiger partial charge >= 0.3 is 6.03 Å². The summed E-state index contributed by atoms with van der Waals surface area (Å²) in [5.74, 6) is 2.26.